The van der Waals surface area contributed by atoms with Gasteiger partial charge in [-0.2, -0.15) is 0 Å². The summed E-state index contributed by atoms with van der Waals surface area (Å²) in [6, 6.07) is 0. The van der Waals surface area contributed by atoms with Crippen LogP contribution in [0.1, 0.15) is 233 Å². The zero-order chi connectivity index (χ0) is 34.2. The Labute approximate surface area is 296 Å². The number of unbranched alkanes of at least 4 members (excludes halogenated alkanes) is 16. The molecule has 47 heavy (non-hydrogen) atoms. The molecule has 0 aliphatic carbocycles. The minimum atomic E-state index is 0.318. The van der Waals surface area contributed by atoms with Gasteiger partial charge >= 0.3 is 0 Å². The molecule has 1 rings (SSSR count). The number of likely N-dealkylation sites (tertiary alicyclic amines) is 1. The standard InChI is InChI=1S/C44H85NO2/c1-5-8-11-12-13-14-17-22-29-41(35-36-44(47)42-32-26-38-45(4)39-37-42)30-23-18-15-16-19-24-33-43(46)34-25-31-40(27-20-9-6-2)28-21-10-7-3/h40-42H,5-39H2,1-4H3. The smallest absolute Gasteiger partial charge is 0.136 e. The summed E-state index contributed by atoms with van der Waals surface area (Å²) in [5, 5.41) is 0. The molecule has 1 fully saturated rings. The van der Waals surface area contributed by atoms with Crippen molar-refractivity contribution >= 4 is 11.6 Å². The molecule has 0 saturated carbocycles. The molecule has 1 heterocycles. The van der Waals surface area contributed by atoms with Crippen LogP contribution >= 0.6 is 0 Å². The van der Waals surface area contributed by atoms with Crippen molar-refractivity contribution in [2.75, 3.05) is 20.1 Å². The Hall–Kier alpha value is -0.700. The first-order valence-electron chi connectivity index (χ1n) is 21.7. The van der Waals surface area contributed by atoms with Crippen molar-refractivity contribution in [3.63, 3.8) is 0 Å². The molecule has 0 aromatic carbocycles. The van der Waals surface area contributed by atoms with Crippen LogP contribution in [0.2, 0.25) is 0 Å². The molecule has 1 aliphatic rings. The van der Waals surface area contributed by atoms with Crippen LogP contribution in [0, 0.1) is 17.8 Å². The van der Waals surface area contributed by atoms with Gasteiger partial charge in [0.15, 0.2) is 0 Å². The lowest BCUT2D eigenvalue weighted by molar-refractivity contribution is -0.123. The summed E-state index contributed by atoms with van der Waals surface area (Å²) >= 11 is 0. The molecule has 2 unspecified atom stereocenters. The largest absolute Gasteiger partial charge is 0.306 e. The summed E-state index contributed by atoms with van der Waals surface area (Å²) in [5.74, 6) is 2.99. The molecular formula is C44H85NO2. The van der Waals surface area contributed by atoms with Gasteiger partial charge in [0, 0.05) is 25.2 Å². The van der Waals surface area contributed by atoms with Gasteiger partial charge in [-0.05, 0) is 70.5 Å². The van der Waals surface area contributed by atoms with Crippen LogP contribution in [-0.4, -0.2) is 36.6 Å². The number of ketones is 2. The van der Waals surface area contributed by atoms with E-state index in [-0.39, 0.29) is 0 Å². The molecule has 278 valence electrons. The van der Waals surface area contributed by atoms with Crippen molar-refractivity contribution in [2.45, 2.75) is 233 Å². The molecule has 2 atom stereocenters. The van der Waals surface area contributed by atoms with E-state index in [4.69, 9.17) is 0 Å². The Bertz CT molecular complexity index is 695. The van der Waals surface area contributed by atoms with E-state index in [9.17, 15) is 9.59 Å². The van der Waals surface area contributed by atoms with Gasteiger partial charge < -0.3 is 4.90 Å². The Morgan fingerprint density at radius 1 is 0.489 bits per heavy atom. The molecule has 1 saturated heterocycles. The minimum Gasteiger partial charge on any atom is -0.306 e. The first-order chi connectivity index (χ1) is 23.0. The van der Waals surface area contributed by atoms with Gasteiger partial charge in [-0.15, -0.1) is 0 Å². The van der Waals surface area contributed by atoms with Gasteiger partial charge in [0.25, 0.3) is 0 Å². The second-order valence-electron chi connectivity index (χ2n) is 16.0. The number of carbonyl (C=O) groups is 2. The maximum atomic E-state index is 13.1. The molecule has 1 aliphatic heterocycles. The Kier molecular flexibility index (Phi) is 30.6. The molecule has 0 aromatic rings. The predicted molar refractivity (Wildman–Crippen MR) is 207 cm³/mol. The molecule has 0 radical (unpaired) electrons. The highest BCUT2D eigenvalue weighted by Crippen LogP contribution is 2.27. The second-order valence-corrected chi connectivity index (χ2v) is 16.0. The summed E-state index contributed by atoms with van der Waals surface area (Å²) < 4.78 is 0. The van der Waals surface area contributed by atoms with Gasteiger partial charge in [-0.3, -0.25) is 9.59 Å². The maximum absolute atomic E-state index is 13.1. The van der Waals surface area contributed by atoms with Crippen LogP contribution in [0.3, 0.4) is 0 Å². The van der Waals surface area contributed by atoms with Crippen LogP contribution in [0.4, 0.5) is 0 Å². The number of carbonyl (C=O) groups excluding carboxylic acids is 2. The zero-order valence-corrected chi connectivity index (χ0v) is 32.7. The quantitative estimate of drug-likeness (QED) is 0.0645. The van der Waals surface area contributed by atoms with E-state index in [1.54, 1.807) is 0 Å². The topological polar surface area (TPSA) is 37.4 Å². The molecule has 0 spiro atoms. The van der Waals surface area contributed by atoms with Crippen molar-refractivity contribution in [3.8, 4) is 0 Å². The second kappa shape index (κ2) is 32.5. The van der Waals surface area contributed by atoms with Gasteiger partial charge in [0.2, 0.25) is 0 Å². The predicted octanol–water partition coefficient (Wildman–Crippen LogP) is 13.9. The highest BCUT2D eigenvalue weighted by Gasteiger charge is 2.22. The fourth-order valence-electron chi connectivity index (χ4n) is 8.09. The number of rotatable bonds is 34. The monoisotopic (exact) mass is 660 g/mol. The van der Waals surface area contributed by atoms with Crippen LogP contribution in [0.25, 0.3) is 0 Å². The molecule has 0 amide bonds. The summed E-state index contributed by atoms with van der Waals surface area (Å²) in [6.45, 7) is 9.13. The average Bonchev–Trinajstić information content (AvgIpc) is 3.29. The minimum absolute atomic E-state index is 0.318. The summed E-state index contributed by atoms with van der Waals surface area (Å²) in [4.78, 5) is 28.1. The highest BCUT2D eigenvalue weighted by atomic mass is 16.1. The van der Waals surface area contributed by atoms with Crippen LogP contribution < -0.4 is 0 Å². The molecule has 0 bridgehead atoms. The van der Waals surface area contributed by atoms with Crippen molar-refractivity contribution in [3.05, 3.63) is 0 Å². The van der Waals surface area contributed by atoms with E-state index in [2.05, 4.69) is 32.7 Å². The van der Waals surface area contributed by atoms with Crippen LogP contribution in [0.5, 0.6) is 0 Å². The van der Waals surface area contributed by atoms with Gasteiger partial charge in [-0.1, -0.05) is 175 Å². The summed E-state index contributed by atoms with van der Waals surface area (Å²) in [5.41, 5.74) is 0. The van der Waals surface area contributed by atoms with E-state index in [0.29, 0.717) is 17.5 Å². The number of Topliss-reactive ketones (excluding diaryl/α,β-unsaturated/α-hetero) is 2. The molecule has 3 nitrogen and oxygen atoms in total. The first-order valence-corrected chi connectivity index (χ1v) is 21.7. The third kappa shape index (κ3) is 26.8. The van der Waals surface area contributed by atoms with E-state index in [0.717, 1.165) is 76.3 Å². The van der Waals surface area contributed by atoms with Crippen LogP contribution in [0.15, 0.2) is 0 Å². The fraction of sp³-hybridized carbons (Fsp3) is 0.955. The van der Waals surface area contributed by atoms with E-state index >= 15 is 0 Å². The highest BCUT2D eigenvalue weighted by molar-refractivity contribution is 5.81. The van der Waals surface area contributed by atoms with Crippen molar-refractivity contribution in [2.24, 2.45) is 17.8 Å². The third-order valence-corrected chi connectivity index (χ3v) is 11.5. The van der Waals surface area contributed by atoms with Crippen molar-refractivity contribution < 1.29 is 9.59 Å². The third-order valence-electron chi connectivity index (χ3n) is 11.5. The number of nitrogens with zero attached hydrogens (tertiary/aromatic N) is 1. The van der Waals surface area contributed by atoms with E-state index < -0.39 is 0 Å². The summed E-state index contributed by atoms with van der Waals surface area (Å²) in [7, 11) is 2.20. The fourth-order valence-corrected chi connectivity index (χ4v) is 8.09. The van der Waals surface area contributed by atoms with Gasteiger partial charge in [-0.25, -0.2) is 0 Å². The molecule has 0 aromatic heterocycles. The SMILES string of the molecule is CCCCCCCCCCC(CCCCCCCCC(=O)CCCC(CCCCC)CCCCC)CCC(=O)C1CCCN(C)CC1. The van der Waals surface area contributed by atoms with Crippen LogP contribution in [-0.2, 0) is 9.59 Å². The lowest BCUT2D eigenvalue weighted by Crippen LogP contribution is -2.20. The normalized spacial score (nSPS) is 16.5. The van der Waals surface area contributed by atoms with Crippen molar-refractivity contribution in [1.29, 1.82) is 0 Å². The lowest BCUT2D eigenvalue weighted by Gasteiger charge is -2.19. The zero-order valence-electron chi connectivity index (χ0n) is 32.7. The number of hydrogen-bond acceptors (Lipinski definition) is 3. The molecule has 3 heteroatoms. The summed E-state index contributed by atoms with van der Waals surface area (Å²) in [6.07, 6.45) is 41.4. The van der Waals surface area contributed by atoms with E-state index in [1.807, 2.05) is 0 Å². The van der Waals surface area contributed by atoms with Crippen molar-refractivity contribution in [1.82, 2.24) is 4.90 Å². The van der Waals surface area contributed by atoms with Gasteiger partial charge in [0.05, 0.1) is 0 Å². The number of hydrogen-bond donors (Lipinski definition) is 0. The van der Waals surface area contributed by atoms with Gasteiger partial charge in [0.1, 0.15) is 11.6 Å². The maximum Gasteiger partial charge on any atom is 0.136 e. The first kappa shape index (κ1) is 44.3. The lowest BCUT2D eigenvalue weighted by atomic mass is 9.86. The Morgan fingerprint density at radius 3 is 1.49 bits per heavy atom. The molecular weight excluding hydrogens is 574 g/mol. The Morgan fingerprint density at radius 2 is 0.915 bits per heavy atom. The van der Waals surface area contributed by atoms with E-state index in [1.165, 1.54) is 161 Å². The molecule has 0 N–H and O–H groups in total. The Balaban J connectivity index is 2.24. The average molecular weight is 660 g/mol.